The Morgan fingerprint density at radius 1 is 1.07 bits per heavy atom. The molecule has 27 heavy (non-hydrogen) atoms. The lowest BCUT2D eigenvalue weighted by atomic mass is 10.1. The molecule has 1 aromatic heterocycles. The predicted molar refractivity (Wildman–Crippen MR) is 100.0 cm³/mol. The fraction of sp³-hybridized carbons (Fsp3) is 0.200. The van der Waals surface area contributed by atoms with Crippen molar-refractivity contribution in [2.45, 2.75) is 12.7 Å². The molecule has 0 radical (unpaired) electrons. The van der Waals surface area contributed by atoms with Gasteiger partial charge in [0, 0.05) is 14.1 Å². The van der Waals surface area contributed by atoms with Gasteiger partial charge in [-0.1, -0.05) is 35.5 Å². The largest absolute Gasteiger partial charge is 0.348 e. The molecule has 7 nitrogen and oxygen atoms in total. The highest BCUT2D eigenvalue weighted by Gasteiger charge is 2.35. The van der Waals surface area contributed by atoms with Crippen molar-refractivity contribution in [2.24, 2.45) is 0 Å². The molecular weight excluding hydrogens is 340 g/mol. The van der Waals surface area contributed by atoms with Gasteiger partial charge in [-0.05, 0) is 23.8 Å². The van der Waals surface area contributed by atoms with Crippen LogP contribution in [-0.2, 0) is 6.54 Å². The molecule has 1 aliphatic heterocycles. The summed E-state index contributed by atoms with van der Waals surface area (Å²) in [4.78, 5) is 16.4. The van der Waals surface area contributed by atoms with Gasteiger partial charge >= 0.3 is 0 Å². The number of fused-ring (bicyclic) bond motifs is 1. The van der Waals surface area contributed by atoms with Crippen LogP contribution in [-0.4, -0.2) is 39.9 Å². The minimum absolute atomic E-state index is 0.0434. The fourth-order valence-electron chi connectivity index (χ4n) is 3.50. The van der Waals surface area contributed by atoms with Crippen LogP contribution in [0, 0.1) is 11.3 Å². The number of amides is 1. The smallest absolute Gasteiger partial charge is 0.257 e. The van der Waals surface area contributed by atoms with Crippen LogP contribution in [0.15, 0.2) is 54.7 Å². The van der Waals surface area contributed by atoms with E-state index in [0.29, 0.717) is 23.4 Å². The number of hydrogen-bond acceptors (Lipinski definition) is 5. The zero-order valence-electron chi connectivity index (χ0n) is 15.1. The second-order valence-corrected chi connectivity index (χ2v) is 6.53. The Kier molecular flexibility index (Phi) is 4.09. The van der Waals surface area contributed by atoms with Gasteiger partial charge in [-0.2, -0.15) is 5.26 Å². The summed E-state index contributed by atoms with van der Waals surface area (Å²) in [5.41, 5.74) is 3.72. The van der Waals surface area contributed by atoms with E-state index in [2.05, 4.69) is 16.4 Å². The van der Waals surface area contributed by atoms with Crippen molar-refractivity contribution in [1.82, 2.24) is 19.9 Å². The van der Waals surface area contributed by atoms with E-state index in [9.17, 15) is 10.1 Å². The lowest BCUT2D eigenvalue weighted by molar-refractivity contribution is 0.0707. The molecule has 3 aromatic rings. The van der Waals surface area contributed by atoms with Crippen LogP contribution in [0.4, 0.5) is 5.69 Å². The van der Waals surface area contributed by atoms with Crippen molar-refractivity contribution in [3.05, 3.63) is 77.1 Å². The highest BCUT2D eigenvalue weighted by Crippen LogP contribution is 2.35. The number of nitrogens with zero attached hydrogens (tertiary/aromatic N) is 6. The molecule has 0 saturated carbocycles. The monoisotopic (exact) mass is 358 g/mol. The van der Waals surface area contributed by atoms with Gasteiger partial charge < -0.3 is 9.80 Å². The van der Waals surface area contributed by atoms with E-state index in [0.717, 1.165) is 11.3 Å². The number of carbonyl (C=O) groups excluding carboxylic acids is 1. The first kappa shape index (κ1) is 16.8. The van der Waals surface area contributed by atoms with Crippen LogP contribution in [0.2, 0.25) is 0 Å². The van der Waals surface area contributed by atoms with E-state index in [1.165, 1.54) is 0 Å². The highest BCUT2D eigenvalue weighted by molar-refractivity contribution is 6.01. The van der Waals surface area contributed by atoms with Crippen molar-refractivity contribution in [1.29, 1.82) is 5.26 Å². The van der Waals surface area contributed by atoms with Gasteiger partial charge in [-0.15, -0.1) is 5.10 Å². The molecule has 0 saturated heterocycles. The summed E-state index contributed by atoms with van der Waals surface area (Å²) in [6.45, 7) is 0.446. The number of hydrogen-bond donors (Lipinski definition) is 0. The molecule has 134 valence electrons. The Bertz CT molecular complexity index is 1050. The van der Waals surface area contributed by atoms with Gasteiger partial charge in [0.25, 0.3) is 5.91 Å². The summed E-state index contributed by atoms with van der Waals surface area (Å²) in [6.07, 6.45) is 1.49. The number of aromatic nitrogens is 3. The molecule has 1 aliphatic rings. The van der Waals surface area contributed by atoms with Gasteiger partial charge in [-0.3, -0.25) is 4.79 Å². The summed E-state index contributed by atoms with van der Waals surface area (Å²) in [7, 11) is 3.71. The zero-order valence-corrected chi connectivity index (χ0v) is 15.1. The first-order chi connectivity index (χ1) is 13.1. The summed E-state index contributed by atoms with van der Waals surface area (Å²) >= 11 is 0. The molecule has 2 aromatic carbocycles. The molecule has 7 heteroatoms. The molecule has 4 rings (SSSR count). The van der Waals surface area contributed by atoms with Crippen LogP contribution >= 0.6 is 0 Å². The van der Waals surface area contributed by atoms with E-state index < -0.39 is 0 Å². The summed E-state index contributed by atoms with van der Waals surface area (Å²) in [5.74, 6) is -0.0434. The second kappa shape index (κ2) is 6.57. The average Bonchev–Trinajstić information content (AvgIpc) is 3.15. The van der Waals surface area contributed by atoms with Gasteiger partial charge in [-0.25, -0.2) is 4.68 Å². The summed E-state index contributed by atoms with van der Waals surface area (Å²) < 4.78 is 1.69. The van der Waals surface area contributed by atoms with Crippen molar-refractivity contribution in [3.8, 4) is 6.07 Å². The van der Waals surface area contributed by atoms with Crippen LogP contribution in [0.1, 0.15) is 33.3 Å². The molecule has 0 aliphatic carbocycles. The van der Waals surface area contributed by atoms with E-state index in [-0.39, 0.29) is 12.1 Å². The van der Waals surface area contributed by atoms with E-state index >= 15 is 0 Å². The van der Waals surface area contributed by atoms with E-state index in [4.69, 9.17) is 0 Å². The van der Waals surface area contributed by atoms with Gasteiger partial charge in [0.1, 0.15) is 5.69 Å². The third-order valence-corrected chi connectivity index (χ3v) is 4.86. The maximum atomic E-state index is 12.7. The number of rotatable bonds is 3. The Hall–Kier alpha value is -3.66. The van der Waals surface area contributed by atoms with Gasteiger partial charge in [0.15, 0.2) is 6.17 Å². The highest BCUT2D eigenvalue weighted by atomic mass is 16.2. The number of para-hydroxylation sites is 1. The Morgan fingerprint density at radius 3 is 2.63 bits per heavy atom. The van der Waals surface area contributed by atoms with Crippen LogP contribution in [0.3, 0.4) is 0 Å². The van der Waals surface area contributed by atoms with E-state index in [1.807, 2.05) is 60.6 Å². The Labute approximate surface area is 157 Å². The number of benzene rings is 2. The van der Waals surface area contributed by atoms with Crippen molar-refractivity contribution in [3.63, 3.8) is 0 Å². The first-order valence-electron chi connectivity index (χ1n) is 8.57. The molecule has 2 heterocycles. The van der Waals surface area contributed by atoms with Crippen molar-refractivity contribution >= 4 is 11.6 Å². The normalized spacial score (nSPS) is 16.2. The molecular formula is C20H18N6O. The number of anilines is 1. The lowest BCUT2D eigenvalue weighted by Crippen LogP contribution is -2.45. The maximum absolute atomic E-state index is 12.7. The minimum atomic E-state index is -0.340. The van der Waals surface area contributed by atoms with Crippen LogP contribution in [0.5, 0.6) is 0 Å². The molecule has 0 fully saturated rings. The molecule has 1 atom stereocenters. The standard InChI is InChI=1S/C20H18N6O/c1-24-18-10-6-5-9-16(18)20(27)25(2)19(24)17-13-26(23-22-17)12-15-8-4-3-7-14(15)11-21/h3-10,13,19H,12H2,1-2H3/t19-/m0/s1. The molecule has 0 bridgehead atoms. The molecule has 0 unspecified atom stereocenters. The van der Waals surface area contributed by atoms with Gasteiger partial charge in [0.2, 0.25) is 0 Å². The van der Waals surface area contributed by atoms with Crippen molar-refractivity contribution in [2.75, 3.05) is 19.0 Å². The Morgan fingerprint density at radius 2 is 1.81 bits per heavy atom. The summed E-state index contributed by atoms with van der Waals surface area (Å²) in [5, 5.41) is 17.7. The minimum Gasteiger partial charge on any atom is -0.348 e. The van der Waals surface area contributed by atoms with Crippen LogP contribution in [0.25, 0.3) is 0 Å². The first-order valence-corrected chi connectivity index (χ1v) is 8.57. The number of nitriles is 1. The van der Waals surface area contributed by atoms with Crippen molar-refractivity contribution < 1.29 is 4.79 Å². The topological polar surface area (TPSA) is 78.0 Å². The molecule has 0 N–H and O–H groups in total. The fourth-order valence-corrected chi connectivity index (χ4v) is 3.50. The second-order valence-electron chi connectivity index (χ2n) is 6.53. The van der Waals surface area contributed by atoms with Gasteiger partial charge in [0.05, 0.1) is 35.6 Å². The molecule has 1 amide bonds. The average molecular weight is 358 g/mol. The summed E-state index contributed by atoms with van der Waals surface area (Å²) in [6, 6.07) is 17.2. The predicted octanol–water partition coefficient (Wildman–Crippen LogP) is 2.42. The zero-order chi connectivity index (χ0) is 19.0. The maximum Gasteiger partial charge on any atom is 0.257 e. The quantitative estimate of drug-likeness (QED) is 0.718. The van der Waals surface area contributed by atoms with Crippen LogP contribution < -0.4 is 4.90 Å². The SMILES string of the molecule is CN1C(=O)c2ccccc2N(C)[C@@H]1c1cn(Cc2ccccc2C#N)nn1. The third kappa shape index (κ3) is 2.81. The third-order valence-electron chi connectivity index (χ3n) is 4.86. The molecule has 0 spiro atoms. The number of carbonyl (C=O) groups is 1. The Balaban J connectivity index is 1.65. The lowest BCUT2D eigenvalue weighted by Gasteiger charge is -2.40. The van der Waals surface area contributed by atoms with E-state index in [1.54, 1.807) is 22.7 Å².